The molecule has 0 bridgehead atoms. The highest BCUT2D eigenvalue weighted by molar-refractivity contribution is 5.79. The van der Waals surface area contributed by atoms with E-state index in [1.165, 1.54) is 6.08 Å². The predicted molar refractivity (Wildman–Crippen MR) is 150 cm³/mol. The average Bonchev–Trinajstić information content (AvgIpc) is 3.16. The summed E-state index contributed by atoms with van der Waals surface area (Å²) in [6, 6.07) is 3.97. The van der Waals surface area contributed by atoms with E-state index in [2.05, 4.69) is 57.8 Å². The van der Waals surface area contributed by atoms with Crippen molar-refractivity contribution in [2.75, 3.05) is 45.6 Å². The second-order valence-corrected chi connectivity index (χ2v) is 11.1. The van der Waals surface area contributed by atoms with Gasteiger partial charge in [-0.05, 0) is 49.1 Å². The van der Waals surface area contributed by atoms with E-state index in [1.54, 1.807) is 0 Å². The van der Waals surface area contributed by atoms with Gasteiger partial charge in [0, 0.05) is 70.3 Å². The van der Waals surface area contributed by atoms with Crippen LogP contribution in [-0.2, 0) is 6.54 Å². The molecule has 5 rings (SSSR count). The number of anilines is 2. The van der Waals surface area contributed by atoms with Gasteiger partial charge in [0.1, 0.15) is 23.4 Å². The zero-order valence-electron chi connectivity index (χ0n) is 23.6. The minimum atomic E-state index is -0.610. The monoisotopic (exact) mass is 536 g/mol. The number of hydrogen-bond donors (Lipinski definition) is 1. The van der Waals surface area contributed by atoms with Crippen LogP contribution < -0.4 is 5.32 Å². The fourth-order valence-electron chi connectivity index (χ4n) is 5.66. The second kappa shape index (κ2) is 11.1. The van der Waals surface area contributed by atoms with E-state index in [1.807, 2.05) is 48.5 Å². The summed E-state index contributed by atoms with van der Waals surface area (Å²) in [5.41, 5.74) is 3.38. The molecule has 3 aliphatic rings. The Labute approximate surface area is 229 Å². The van der Waals surface area contributed by atoms with E-state index in [9.17, 15) is 4.39 Å². The van der Waals surface area contributed by atoms with Crippen molar-refractivity contribution in [1.29, 1.82) is 0 Å². The first kappa shape index (κ1) is 27.4. The largest absolute Gasteiger partial charge is 0.312 e. The number of aromatic nitrogens is 3. The zero-order valence-corrected chi connectivity index (χ0v) is 23.6. The van der Waals surface area contributed by atoms with Crippen LogP contribution in [-0.4, -0.2) is 87.1 Å². The summed E-state index contributed by atoms with van der Waals surface area (Å²) < 4.78 is 30.2. The van der Waals surface area contributed by atoms with Crippen LogP contribution in [0.25, 0.3) is 5.57 Å². The smallest absolute Gasteiger partial charge is 0.229 e. The number of allylic oxidation sites excluding steroid dienone is 3. The topological polar surface area (TPSA) is 63.7 Å². The maximum atomic E-state index is 15.3. The van der Waals surface area contributed by atoms with Crippen LogP contribution in [0.1, 0.15) is 39.0 Å². The highest BCUT2D eigenvalue weighted by Gasteiger charge is 2.39. The molecule has 2 aliphatic heterocycles. The van der Waals surface area contributed by atoms with Crippen LogP contribution in [0.15, 0.2) is 53.8 Å². The quantitative estimate of drug-likeness (QED) is 0.551. The minimum Gasteiger partial charge on any atom is -0.312 e. The van der Waals surface area contributed by atoms with Crippen molar-refractivity contribution in [1.82, 2.24) is 34.8 Å². The number of rotatable bonds is 7. The van der Waals surface area contributed by atoms with Gasteiger partial charge >= 0.3 is 0 Å². The van der Waals surface area contributed by atoms with Gasteiger partial charge in [-0.15, -0.1) is 0 Å². The predicted octanol–water partition coefficient (Wildman–Crippen LogP) is 4.60. The normalized spacial score (nSPS) is 21.1. The lowest BCUT2D eigenvalue weighted by molar-refractivity contribution is 0.0586. The number of hydrogen-bond acceptors (Lipinski definition) is 8. The van der Waals surface area contributed by atoms with Crippen LogP contribution in [0, 0.1) is 11.7 Å². The van der Waals surface area contributed by atoms with Crippen LogP contribution in [0.4, 0.5) is 20.5 Å². The Hall–Kier alpha value is -3.21. The Balaban J connectivity index is 1.31. The molecule has 1 saturated heterocycles. The molecule has 1 unspecified atom stereocenters. The molecule has 2 aromatic rings. The van der Waals surface area contributed by atoms with Crippen molar-refractivity contribution in [2.24, 2.45) is 5.92 Å². The van der Waals surface area contributed by atoms with E-state index >= 15 is 4.39 Å². The molecule has 0 aromatic carbocycles. The van der Waals surface area contributed by atoms with Gasteiger partial charge in [-0.25, -0.2) is 28.7 Å². The first-order chi connectivity index (χ1) is 18.6. The number of likely N-dealkylation sites (N-methyl/N-ethyl adjacent to an activating group) is 1. The van der Waals surface area contributed by atoms with Gasteiger partial charge in [-0.3, -0.25) is 9.80 Å². The van der Waals surface area contributed by atoms with Gasteiger partial charge < -0.3 is 10.3 Å². The van der Waals surface area contributed by atoms with Crippen molar-refractivity contribution >= 4 is 17.3 Å². The van der Waals surface area contributed by atoms with E-state index in [4.69, 9.17) is 0 Å². The Morgan fingerprint density at radius 1 is 0.974 bits per heavy atom. The molecular weight excluding hydrogens is 498 g/mol. The lowest BCUT2D eigenvalue weighted by atomic mass is 9.91. The second-order valence-electron chi connectivity index (χ2n) is 11.1. The highest BCUT2D eigenvalue weighted by Crippen LogP contribution is 2.41. The van der Waals surface area contributed by atoms with E-state index < -0.39 is 11.9 Å². The molecule has 2 aromatic heterocycles. The number of halogens is 2. The Morgan fingerprint density at radius 2 is 1.72 bits per heavy atom. The third-order valence-electron chi connectivity index (χ3n) is 7.82. The van der Waals surface area contributed by atoms with Crippen LogP contribution in [0.3, 0.4) is 0 Å². The van der Waals surface area contributed by atoms with Crippen molar-refractivity contribution in [2.45, 2.75) is 46.3 Å². The molecule has 1 fully saturated rings. The van der Waals surface area contributed by atoms with Crippen molar-refractivity contribution < 1.29 is 8.78 Å². The van der Waals surface area contributed by atoms with Crippen molar-refractivity contribution in [3.05, 3.63) is 70.9 Å². The molecule has 0 saturated carbocycles. The van der Waals surface area contributed by atoms with Crippen LogP contribution in [0.5, 0.6) is 0 Å². The third-order valence-corrected chi connectivity index (χ3v) is 7.82. The zero-order chi connectivity index (χ0) is 27.8. The van der Waals surface area contributed by atoms with Crippen molar-refractivity contribution in [3.8, 4) is 0 Å². The maximum absolute atomic E-state index is 15.3. The highest BCUT2D eigenvalue weighted by atomic mass is 19.1. The summed E-state index contributed by atoms with van der Waals surface area (Å²) in [6.45, 7) is 13.7. The summed E-state index contributed by atoms with van der Waals surface area (Å²) in [5, 5.41) is 6.88. The number of piperazine rings is 1. The standard InChI is InChI=1S/C29H38F2N8/c1-18(2)27-22-13-21(14-23(30)28(22)37(6)36(27)5)26-24(31)16-33-29(35-26)34-25-8-7-20(15-32-25)17-38-9-11-39(12-10-38)19(3)4/h7-8,13-16,18-19,28H,9-12,17H2,1-6H3,(H,32,33,34,35). The summed E-state index contributed by atoms with van der Waals surface area (Å²) in [7, 11) is 3.77. The summed E-state index contributed by atoms with van der Waals surface area (Å²) >= 11 is 0. The van der Waals surface area contributed by atoms with E-state index in [-0.39, 0.29) is 23.4 Å². The third kappa shape index (κ3) is 5.59. The molecule has 208 valence electrons. The average molecular weight is 537 g/mol. The summed E-state index contributed by atoms with van der Waals surface area (Å²) in [4.78, 5) is 18.0. The first-order valence-electron chi connectivity index (χ1n) is 13.6. The van der Waals surface area contributed by atoms with E-state index in [0.29, 0.717) is 17.4 Å². The molecule has 1 aliphatic carbocycles. The van der Waals surface area contributed by atoms with Crippen LogP contribution in [0.2, 0.25) is 0 Å². The number of pyridine rings is 1. The number of nitrogens with one attached hydrogen (secondary N) is 1. The SMILES string of the molecule is CC(C)C1=C2C=C(c3nc(Nc4ccc(CN5CCN(C(C)C)CC5)cn4)ncc3F)C=C(F)C2N(C)N1C. The fraction of sp³-hybridized carbons (Fsp3) is 0.483. The summed E-state index contributed by atoms with van der Waals surface area (Å²) in [6.07, 6.45) is 6.16. The van der Waals surface area contributed by atoms with Crippen molar-refractivity contribution in [3.63, 3.8) is 0 Å². The molecular formula is C29H38F2N8. The molecule has 39 heavy (non-hydrogen) atoms. The molecule has 0 amide bonds. The Bertz CT molecular complexity index is 1290. The minimum absolute atomic E-state index is 0.0473. The Kier molecular flexibility index (Phi) is 7.80. The molecule has 1 N–H and O–H groups in total. The first-order valence-corrected chi connectivity index (χ1v) is 13.6. The van der Waals surface area contributed by atoms with Crippen LogP contribution >= 0.6 is 0 Å². The Morgan fingerprint density at radius 3 is 2.36 bits per heavy atom. The van der Waals surface area contributed by atoms with Gasteiger partial charge in [0.05, 0.1) is 6.20 Å². The van der Waals surface area contributed by atoms with Gasteiger partial charge in [-0.2, -0.15) is 0 Å². The number of hydrazine groups is 1. The maximum Gasteiger partial charge on any atom is 0.229 e. The molecule has 1 atom stereocenters. The molecule has 10 heteroatoms. The molecule has 0 radical (unpaired) electrons. The van der Waals surface area contributed by atoms with Gasteiger partial charge in [0.25, 0.3) is 0 Å². The molecule has 4 heterocycles. The fourth-order valence-corrected chi connectivity index (χ4v) is 5.66. The van der Waals surface area contributed by atoms with E-state index in [0.717, 1.165) is 55.8 Å². The molecule has 8 nitrogen and oxygen atoms in total. The van der Waals surface area contributed by atoms with Gasteiger partial charge in [-0.1, -0.05) is 19.9 Å². The number of fused-ring (bicyclic) bond motifs is 1. The number of nitrogens with zero attached hydrogens (tertiary/aromatic N) is 7. The lowest BCUT2D eigenvalue weighted by Crippen LogP contribution is -2.48. The molecule has 0 spiro atoms. The lowest BCUT2D eigenvalue weighted by Gasteiger charge is -2.36. The summed E-state index contributed by atoms with van der Waals surface area (Å²) in [5.74, 6) is -0.0207. The van der Waals surface area contributed by atoms with Gasteiger partial charge in [0.2, 0.25) is 5.95 Å². The van der Waals surface area contributed by atoms with Gasteiger partial charge in [0.15, 0.2) is 5.82 Å².